The summed E-state index contributed by atoms with van der Waals surface area (Å²) < 4.78 is 11.3. The molecule has 3 aromatic rings. The third-order valence-corrected chi connectivity index (χ3v) is 6.94. The van der Waals surface area contributed by atoms with E-state index in [1.54, 1.807) is 0 Å². The lowest BCUT2D eigenvalue weighted by molar-refractivity contribution is 0.123. The van der Waals surface area contributed by atoms with Gasteiger partial charge >= 0.3 is 0 Å². The predicted molar refractivity (Wildman–Crippen MR) is 140 cm³/mol. The number of aryl methyl sites for hydroxylation is 1. The van der Waals surface area contributed by atoms with Crippen molar-refractivity contribution >= 4 is 23.4 Å². The van der Waals surface area contributed by atoms with E-state index in [1.165, 1.54) is 5.56 Å². The fraction of sp³-hybridized carbons (Fsp3) is 0.370. The van der Waals surface area contributed by atoms with Crippen LogP contribution in [0.1, 0.15) is 16.7 Å². The number of nitrogen functional groups attached to an aromatic ring is 1. The van der Waals surface area contributed by atoms with Crippen molar-refractivity contribution < 1.29 is 9.47 Å². The van der Waals surface area contributed by atoms with Crippen molar-refractivity contribution in [3.63, 3.8) is 0 Å². The van der Waals surface area contributed by atoms with Gasteiger partial charge < -0.3 is 20.1 Å². The number of nitrogens with zero attached hydrogens (tertiary/aromatic N) is 5. The molecule has 5 rings (SSSR count). The molecule has 186 valence electrons. The van der Waals surface area contributed by atoms with Crippen molar-refractivity contribution in [2.24, 2.45) is 0 Å². The van der Waals surface area contributed by atoms with Gasteiger partial charge in [-0.15, -0.1) is 0 Å². The minimum atomic E-state index is 0.143. The van der Waals surface area contributed by atoms with Crippen LogP contribution in [0.25, 0.3) is 11.3 Å². The number of benzene rings is 2. The first-order valence-electron chi connectivity index (χ1n) is 12.2. The van der Waals surface area contributed by atoms with Crippen LogP contribution in [0.2, 0.25) is 5.02 Å². The number of hydrogen-bond acceptors (Lipinski definition) is 8. The summed E-state index contributed by atoms with van der Waals surface area (Å²) in [4.78, 5) is 14.0. The summed E-state index contributed by atoms with van der Waals surface area (Å²) in [5.41, 5.74) is 11.7. The van der Waals surface area contributed by atoms with Gasteiger partial charge in [0.15, 0.2) is 0 Å². The van der Waals surface area contributed by atoms with Crippen LogP contribution in [0.15, 0.2) is 42.5 Å². The molecule has 9 heteroatoms. The molecule has 2 N–H and O–H groups in total. The molecule has 2 aromatic carbocycles. The zero-order chi connectivity index (χ0) is 24.9. The topological polar surface area (TPSA) is 101 Å². The quantitative estimate of drug-likeness (QED) is 0.463. The first-order valence-corrected chi connectivity index (χ1v) is 12.6. The minimum Gasteiger partial charge on any atom is -0.489 e. The SMILES string of the molecule is N#CCOCCN1CCN(c2nc(N)nc3c2CCc2cc(OCc4ccc(Cl)cc4)ccc2-3)CC1. The number of rotatable bonds is 8. The molecule has 1 aromatic heterocycles. The first-order chi connectivity index (χ1) is 17.6. The molecule has 1 saturated heterocycles. The van der Waals surface area contributed by atoms with Crippen molar-refractivity contribution in [1.29, 1.82) is 5.26 Å². The Balaban J connectivity index is 1.28. The van der Waals surface area contributed by atoms with Gasteiger partial charge in [0.05, 0.1) is 18.4 Å². The molecule has 2 aliphatic rings. The Hall–Kier alpha value is -3.38. The molecule has 0 saturated carbocycles. The van der Waals surface area contributed by atoms with Crippen LogP contribution < -0.4 is 15.4 Å². The lowest BCUT2D eigenvalue weighted by atomic mass is 9.88. The van der Waals surface area contributed by atoms with E-state index in [4.69, 9.17) is 32.1 Å². The third-order valence-electron chi connectivity index (χ3n) is 6.69. The van der Waals surface area contributed by atoms with E-state index < -0.39 is 0 Å². The van der Waals surface area contributed by atoms with E-state index in [2.05, 4.69) is 31.9 Å². The van der Waals surface area contributed by atoms with E-state index in [-0.39, 0.29) is 6.61 Å². The number of piperazine rings is 1. The van der Waals surface area contributed by atoms with Crippen molar-refractivity contribution in [3.8, 4) is 23.1 Å². The van der Waals surface area contributed by atoms with E-state index in [1.807, 2.05) is 36.4 Å². The maximum absolute atomic E-state index is 8.61. The van der Waals surface area contributed by atoms with Crippen molar-refractivity contribution in [2.45, 2.75) is 19.4 Å². The molecule has 1 aliphatic heterocycles. The Morgan fingerprint density at radius 1 is 1.03 bits per heavy atom. The molecule has 36 heavy (non-hydrogen) atoms. The first kappa shape index (κ1) is 24.3. The second kappa shape index (κ2) is 11.1. The molecule has 0 atom stereocenters. The van der Waals surface area contributed by atoms with Crippen LogP contribution in [0, 0.1) is 11.3 Å². The summed E-state index contributed by atoms with van der Waals surface area (Å²) in [7, 11) is 0. The van der Waals surface area contributed by atoms with Gasteiger partial charge in [-0.1, -0.05) is 23.7 Å². The van der Waals surface area contributed by atoms with E-state index in [0.29, 0.717) is 19.2 Å². The normalized spacial score (nSPS) is 15.2. The molecule has 1 fully saturated rings. The highest BCUT2D eigenvalue weighted by Crippen LogP contribution is 2.38. The Labute approximate surface area is 216 Å². The fourth-order valence-electron chi connectivity index (χ4n) is 4.80. The van der Waals surface area contributed by atoms with Gasteiger partial charge in [0.1, 0.15) is 24.8 Å². The lowest BCUT2D eigenvalue weighted by Gasteiger charge is -2.37. The molecule has 0 radical (unpaired) electrons. The van der Waals surface area contributed by atoms with Crippen LogP contribution in [0.5, 0.6) is 5.75 Å². The summed E-state index contributed by atoms with van der Waals surface area (Å²) >= 11 is 5.98. The molecule has 0 amide bonds. The molecular weight excluding hydrogens is 476 g/mol. The Bertz CT molecular complexity index is 1250. The van der Waals surface area contributed by atoms with Crippen molar-refractivity contribution in [1.82, 2.24) is 14.9 Å². The van der Waals surface area contributed by atoms with Gasteiger partial charge in [-0.05, 0) is 54.3 Å². The second-order valence-electron chi connectivity index (χ2n) is 9.01. The lowest BCUT2D eigenvalue weighted by Crippen LogP contribution is -2.48. The predicted octanol–water partition coefficient (Wildman–Crippen LogP) is 3.72. The molecular formula is C27H29ClN6O2. The summed E-state index contributed by atoms with van der Waals surface area (Å²) in [5.74, 6) is 2.09. The second-order valence-corrected chi connectivity index (χ2v) is 9.44. The number of nitriles is 1. The van der Waals surface area contributed by atoms with E-state index in [9.17, 15) is 0 Å². The van der Waals surface area contributed by atoms with Gasteiger partial charge in [-0.25, -0.2) is 4.98 Å². The Kier molecular flexibility index (Phi) is 7.52. The number of halogens is 1. The smallest absolute Gasteiger partial charge is 0.222 e. The van der Waals surface area contributed by atoms with Crippen molar-refractivity contribution in [3.05, 3.63) is 64.2 Å². The molecule has 0 spiro atoms. The van der Waals surface area contributed by atoms with Crippen LogP contribution in [-0.2, 0) is 24.2 Å². The van der Waals surface area contributed by atoms with Gasteiger partial charge in [0.2, 0.25) is 5.95 Å². The van der Waals surface area contributed by atoms with Crippen LogP contribution >= 0.6 is 11.6 Å². The van der Waals surface area contributed by atoms with Gasteiger partial charge in [0.25, 0.3) is 0 Å². The van der Waals surface area contributed by atoms with E-state index in [0.717, 1.165) is 84.5 Å². The number of fused-ring (bicyclic) bond motifs is 3. The Morgan fingerprint density at radius 3 is 2.61 bits per heavy atom. The number of nitrogens with two attached hydrogens (primary N) is 1. The highest BCUT2D eigenvalue weighted by atomic mass is 35.5. The monoisotopic (exact) mass is 504 g/mol. The summed E-state index contributed by atoms with van der Waals surface area (Å²) in [6, 6.07) is 15.9. The molecule has 2 heterocycles. The van der Waals surface area contributed by atoms with Gasteiger partial charge in [0, 0.05) is 48.9 Å². The number of hydrogen-bond donors (Lipinski definition) is 1. The molecule has 8 nitrogen and oxygen atoms in total. The Morgan fingerprint density at radius 2 is 1.83 bits per heavy atom. The average molecular weight is 505 g/mol. The van der Waals surface area contributed by atoms with Crippen LogP contribution in [0.3, 0.4) is 0 Å². The largest absolute Gasteiger partial charge is 0.489 e. The van der Waals surface area contributed by atoms with Crippen molar-refractivity contribution in [2.75, 3.05) is 56.6 Å². The number of ether oxygens (including phenoxy) is 2. The third kappa shape index (κ3) is 5.54. The van der Waals surface area contributed by atoms with Crippen LogP contribution in [-0.4, -0.2) is 60.8 Å². The van der Waals surface area contributed by atoms with Gasteiger partial charge in [-0.3, -0.25) is 4.90 Å². The highest BCUT2D eigenvalue weighted by Gasteiger charge is 2.27. The molecule has 0 bridgehead atoms. The molecule has 1 aliphatic carbocycles. The minimum absolute atomic E-state index is 0.143. The zero-order valence-electron chi connectivity index (χ0n) is 20.1. The average Bonchev–Trinajstić information content (AvgIpc) is 2.90. The summed E-state index contributed by atoms with van der Waals surface area (Å²) in [5, 5.41) is 9.32. The van der Waals surface area contributed by atoms with Gasteiger partial charge in [-0.2, -0.15) is 10.2 Å². The molecule has 0 unspecified atom stereocenters. The summed E-state index contributed by atoms with van der Waals surface area (Å²) in [6.45, 7) is 5.60. The maximum Gasteiger partial charge on any atom is 0.222 e. The zero-order valence-corrected chi connectivity index (χ0v) is 20.9. The fourth-order valence-corrected chi connectivity index (χ4v) is 4.93. The number of anilines is 2. The van der Waals surface area contributed by atoms with E-state index >= 15 is 0 Å². The highest BCUT2D eigenvalue weighted by molar-refractivity contribution is 6.30. The summed E-state index contributed by atoms with van der Waals surface area (Å²) in [6.07, 6.45) is 1.76. The van der Waals surface area contributed by atoms with Crippen LogP contribution in [0.4, 0.5) is 11.8 Å². The maximum atomic E-state index is 8.61. The number of aromatic nitrogens is 2. The standard InChI is InChI=1S/C27H29ClN6O2/c28-21-4-1-19(2-5-21)18-36-22-6-8-23-20(17-22)3-7-24-25(23)31-27(30)32-26(24)34-12-10-33(11-13-34)14-16-35-15-9-29/h1-2,4-6,8,17H,3,7,10-16,18H2,(H2,30,31,32).